The Hall–Kier alpha value is -1.54. The SMILES string of the molecule is CCNC(=NCCCSc1nccs1)N(C)Cc1cn(C)nc1C(C)C. The molecule has 144 valence electrons. The van der Waals surface area contributed by atoms with E-state index < -0.39 is 0 Å². The number of hydrogen-bond donors (Lipinski definition) is 1. The highest BCUT2D eigenvalue weighted by atomic mass is 32.2. The number of nitrogens with one attached hydrogen (secondary N) is 1. The molecule has 2 heterocycles. The van der Waals surface area contributed by atoms with Crippen molar-refractivity contribution in [2.75, 3.05) is 25.9 Å². The Balaban J connectivity index is 1.90. The lowest BCUT2D eigenvalue weighted by Crippen LogP contribution is -2.38. The van der Waals surface area contributed by atoms with Crippen LogP contribution in [0.4, 0.5) is 0 Å². The van der Waals surface area contributed by atoms with E-state index >= 15 is 0 Å². The van der Waals surface area contributed by atoms with Gasteiger partial charge in [0.05, 0.1) is 5.69 Å². The molecule has 0 saturated heterocycles. The zero-order valence-corrected chi connectivity index (χ0v) is 18.0. The van der Waals surface area contributed by atoms with Crippen molar-refractivity contribution in [3.63, 3.8) is 0 Å². The van der Waals surface area contributed by atoms with Gasteiger partial charge >= 0.3 is 0 Å². The standard InChI is InChI=1S/C18H30N6S2/c1-6-19-17(20-8-7-10-25-18-21-9-11-26-18)23(4)12-15-13-24(5)22-16(15)14(2)3/h9,11,13-14H,6-8,10,12H2,1-5H3,(H,19,20). The van der Waals surface area contributed by atoms with E-state index in [2.05, 4.69) is 54.3 Å². The van der Waals surface area contributed by atoms with Crippen molar-refractivity contribution >= 4 is 29.1 Å². The van der Waals surface area contributed by atoms with Gasteiger partial charge in [0.2, 0.25) is 0 Å². The summed E-state index contributed by atoms with van der Waals surface area (Å²) in [6.45, 7) is 8.96. The smallest absolute Gasteiger partial charge is 0.193 e. The summed E-state index contributed by atoms with van der Waals surface area (Å²) >= 11 is 3.50. The predicted molar refractivity (Wildman–Crippen MR) is 112 cm³/mol. The molecule has 0 aliphatic carbocycles. The van der Waals surface area contributed by atoms with Crippen molar-refractivity contribution in [3.8, 4) is 0 Å². The second-order valence-corrected chi connectivity index (χ2v) is 8.70. The van der Waals surface area contributed by atoms with Crippen LogP contribution in [0, 0.1) is 0 Å². The molecule has 0 amide bonds. The lowest BCUT2D eigenvalue weighted by molar-refractivity contribution is 0.473. The molecule has 0 aliphatic rings. The first-order valence-electron chi connectivity index (χ1n) is 9.05. The Morgan fingerprint density at radius 2 is 2.27 bits per heavy atom. The van der Waals surface area contributed by atoms with Crippen molar-refractivity contribution in [1.29, 1.82) is 0 Å². The van der Waals surface area contributed by atoms with Crippen molar-refractivity contribution in [3.05, 3.63) is 29.0 Å². The molecule has 2 rings (SSSR count). The second kappa shape index (κ2) is 10.6. The maximum atomic E-state index is 4.78. The minimum Gasteiger partial charge on any atom is -0.357 e. The molecule has 0 fully saturated rings. The third kappa shape index (κ3) is 6.32. The van der Waals surface area contributed by atoms with Gasteiger partial charge < -0.3 is 10.2 Å². The highest BCUT2D eigenvalue weighted by Crippen LogP contribution is 2.21. The predicted octanol–water partition coefficient (Wildman–Crippen LogP) is 3.58. The van der Waals surface area contributed by atoms with Crippen LogP contribution >= 0.6 is 23.1 Å². The molecule has 0 spiro atoms. The van der Waals surface area contributed by atoms with Gasteiger partial charge in [-0.1, -0.05) is 25.6 Å². The number of aryl methyl sites for hydroxylation is 1. The number of hydrogen-bond acceptors (Lipinski definition) is 5. The molecule has 8 heteroatoms. The molecular weight excluding hydrogens is 364 g/mol. The average molecular weight is 395 g/mol. The van der Waals surface area contributed by atoms with E-state index in [1.807, 2.05) is 23.3 Å². The van der Waals surface area contributed by atoms with E-state index in [0.717, 1.165) is 47.8 Å². The third-order valence-corrected chi connectivity index (χ3v) is 5.84. The topological polar surface area (TPSA) is 58.3 Å². The average Bonchev–Trinajstić information content (AvgIpc) is 3.23. The normalized spacial score (nSPS) is 12.0. The summed E-state index contributed by atoms with van der Waals surface area (Å²) in [5.41, 5.74) is 2.42. The van der Waals surface area contributed by atoms with Gasteiger partial charge in [-0.25, -0.2) is 4.98 Å². The zero-order chi connectivity index (χ0) is 18.9. The Kier molecular flexibility index (Phi) is 8.44. The van der Waals surface area contributed by atoms with Crippen LogP contribution in [0.3, 0.4) is 0 Å². The van der Waals surface area contributed by atoms with Crippen LogP contribution in [-0.2, 0) is 13.6 Å². The number of thioether (sulfide) groups is 1. The molecular formula is C18H30N6S2. The Bertz CT molecular complexity index is 678. The van der Waals surface area contributed by atoms with Gasteiger partial charge in [-0.05, 0) is 19.3 Å². The monoisotopic (exact) mass is 394 g/mol. The lowest BCUT2D eigenvalue weighted by Gasteiger charge is -2.22. The number of aliphatic imine (C=N–C) groups is 1. The Morgan fingerprint density at radius 1 is 1.46 bits per heavy atom. The van der Waals surface area contributed by atoms with Gasteiger partial charge in [0.15, 0.2) is 5.96 Å². The van der Waals surface area contributed by atoms with Gasteiger partial charge in [0, 0.05) is 62.8 Å². The summed E-state index contributed by atoms with van der Waals surface area (Å²) in [4.78, 5) is 11.3. The zero-order valence-electron chi connectivity index (χ0n) is 16.4. The van der Waals surface area contributed by atoms with Crippen LogP contribution in [0.5, 0.6) is 0 Å². The van der Waals surface area contributed by atoms with Crippen LogP contribution < -0.4 is 5.32 Å². The van der Waals surface area contributed by atoms with Gasteiger partial charge in [-0.15, -0.1) is 11.3 Å². The fourth-order valence-corrected chi connectivity index (χ4v) is 4.29. The quantitative estimate of drug-likeness (QED) is 0.305. The molecule has 0 unspecified atom stereocenters. The number of rotatable bonds is 9. The maximum Gasteiger partial charge on any atom is 0.193 e. The summed E-state index contributed by atoms with van der Waals surface area (Å²) in [6, 6.07) is 0. The second-order valence-electron chi connectivity index (χ2n) is 6.46. The first kappa shape index (κ1) is 20.8. The molecule has 6 nitrogen and oxygen atoms in total. The molecule has 0 aliphatic heterocycles. The summed E-state index contributed by atoms with van der Waals surface area (Å²) in [7, 11) is 4.07. The van der Waals surface area contributed by atoms with Crippen molar-refractivity contribution < 1.29 is 0 Å². The van der Waals surface area contributed by atoms with Crippen LogP contribution in [0.25, 0.3) is 0 Å². The third-order valence-electron chi connectivity index (χ3n) is 3.79. The minimum absolute atomic E-state index is 0.419. The summed E-state index contributed by atoms with van der Waals surface area (Å²) in [6.07, 6.45) is 5.00. The minimum atomic E-state index is 0.419. The highest BCUT2D eigenvalue weighted by Gasteiger charge is 2.15. The summed E-state index contributed by atoms with van der Waals surface area (Å²) < 4.78 is 3.04. The van der Waals surface area contributed by atoms with Crippen LogP contribution in [0.15, 0.2) is 27.1 Å². The first-order valence-corrected chi connectivity index (χ1v) is 10.9. The van der Waals surface area contributed by atoms with E-state index in [-0.39, 0.29) is 0 Å². The van der Waals surface area contributed by atoms with E-state index in [9.17, 15) is 0 Å². The van der Waals surface area contributed by atoms with E-state index in [1.54, 1.807) is 23.1 Å². The molecule has 2 aromatic rings. The molecule has 0 atom stereocenters. The van der Waals surface area contributed by atoms with E-state index in [0.29, 0.717) is 5.92 Å². The van der Waals surface area contributed by atoms with Crippen molar-refractivity contribution in [1.82, 2.24) is 25.0 Å². The molecule has 2 aromatic heterocycles. The van der Waals surface area contributed by atoms with Gasteiger partial charge in [0.1, 0.15) is 4.34 Å². The number of thiazole rings is 1. The molecule has 0 aromatic carbocycles. The first-order chi connectivity index (χ1) is 12.5. The van der Waals surface area contributed by atoms with Gasteiger partial charge in [0.25, 0.3) is 0 Å². The van der Waals surface area contributed by atoms with Gasteiger partial charge in [-0.3, -0.25) is 9.67 Å². The van der Waals surface area contributed by atoms with Crippen LogP contribution in [-0.4, -0.2) is 51.5 Å². The largest absolute Gasteiger partial charge is 0.357 e. The molecule has 1 N–H and O–H groups in total. The van der Waals surface area contributed by atoms with Gasteiger partial charge in [-0.2, -0.15) is 5.10 Å². The Morgan fingerprint density at radius 3 is 2.92 bits per heavy atom. The van der Waals surface area contributed by atoms with Crippen molar-refractivity contribution in [2.45, 2.75) is 44.0 Å². The molecule has 0 saturated carbocycles. The van der Waals surface area contributed by atoms with E-state index in [4.69, 9.17) is 4.99 Å². The fraction of sp³-hybridized carbons (Fsp3) is 0.611. The fourth-order valence-electron chi connectivity index (χ4n) is 2.65. The highest BCUT2D eigenvalue weighted by molar-refractivity contribution is 8.00. The Labute approximate surface area is 165 Å². The van der Waals surface area contributed by atoms with E-state index in [1.165, 1.54) is 5.56 Å². The summed E-state index contributed by atoms with van der Waals surface area (Å²) in [5, 5.41) is 10.0. The van der Waals surface area contributed by atoms with Crippen LogP contribution in [0.1, 0.15) is 44.4 Å². The maximum absolute atomic E-state index is 4.78. The number of guanidine groups is 1. The molecule has 0 radical (unpaired) electrons. The molecule has 26 heavy (non-hydrogen) atoms. The van der Waals surface area contributed by atoms with Crippen LogP contribution in [0.2, 0.25) is 0 Å². The molecule has 0 bridgehead atoms. The number of nitrogens with zero attached hydrogens (tertiary/aromatic N) is 5. The van der Waals surface area contributed by atoms with Crippen molar-refractivity contribution in [2.24, 2.45) is 12.0 Å². The lowest BCUT2D eigenvalue weighted by atomic mass is 10.1. The summed E-state index contributed by atoms with van der Waals surface area (Å²) in [5.74, 6) is 2.41. The number of aromatic nitrogens is 3.